The van der Waals surface area contributed by atoms with Crippen molar-refractivity contribution in [3.8, 4) is 0 Å². The van der Waals surface area contributed by atoms with Crippen molar-refractivity contribution in [1.29, 1.82) is 0 Å². The molecule has 0 radical (unpaired) electrons. The Kier molecular flexibility index (Phi) is 3.46. The van der Waals surface area contributed by atoms with E-state index in [1.807, 2.05) is 11.8 Å². The van der Waals surface area contributed by atoms with E-state index in [9.17, 15) is 4.79 Å². The minimum Gasteiger partial charge on any atom is -0.445 e. The summed E-state index contributed by atoms with van der Waals surface area (Å²) in [4.78, 5) is 15.2. The van der Waals surface area contributed by atoms with Crippen molar-refractivity contribution in [2.24, 2.45) is 0 Å². The van der Waals surface area contributed by atoms with Crippen molar-refractivity contribution < 1.29 is 9.21 Å². The molecule has 15 heavy (non-hydrogen) atoms. The van der Waals surface area contributed by atoms with E-state index >= 15 is 0 Å². The van der Waals surface area contributed by atoms with Crippen LogP contribution < -0.4 is 0 Å². The third kappa shape index (κ3) is 2.84. The zero-order valence-electron chi connectivity index (χ0n) is 8.86. The zero-order chi connectivity index (χ0) is 10.7. The standard InChI is InChI=1S/C11H15NO2S/c1-8(13)5-10-6-12-11(14-10)9-3-2-4-15-7-9/h6,9H,2-5,7H2,1H3. The molecule has 0 N–H and O–H groups in total. The van der Waals surface area contributed by atoms with Gasteiger partial charge in [-0.1, -0.05) is 0 Å². The number of carbonyl (C=O) groups excluding carboxylic acids is 1. The van der Waals surface area contributed by atoms with Crippen molar-refractivity contribution >= 4 is 17.5 Å². The van der Waals surface area contributed by atoms with Gasteiger partial charge in [0.1, 0.15) is 11.5 Å². The lowest BCUT2D eigenvalue weighted by atomic mass is 10.1. The first-order chi connectivity index (χ1) is 7.25. The summed E-state index contributed by atoms with van der Waals surface area (Å²) in [5, 5.41) is 0. The van der Waals surface area contributed by atoms with Gasteiger partial charge in [0, 0.05) is 11.7 Å². The van der Waals surface area contributed by atoms with Gasteiger partial charge < -0.3 is 4.42 Å². The Morgan fingerprint density at radius 3 is 3.27 bits per heavy atom. The molecule has 0 aliphatic carbocycles. The average molecular weight is 225 g/mol. The highest BCUT2D eigenvalue weighted by molar-refractivity contribution is 7.99. The van der Waals surface area contributed by atoms with Gasteiger partial charge in [0.2, 0.25) is 0 Å². The SMILES string of the molecule is CC(=O)Cc1cnc(C2CCCSC2)o1. The van der Waals surface area contributed by atoms with Gasteiger partial charge in [-0.05, 0) is 25.5 Å². The van der Waals surface area contributed by atoms with Gasteiger partial charge in [-0.3, -0.25) is 4.79 Å². The summed E-state index contributed by atoms with van der Waals surface area (Å²) in [5.41, 5.74) is 0. The third-order valence-electron chi connectivity index (χ3n) is 2.50. The van der Waals surface area contributed by atoms with E-state index in [4.69, 9.17) is 4.42 Å². The zero-order valence-corrected chi connectivity index (χ0v) is 9.68. The van der Waals surface area contributed by atoms with E-state index in [-0.39, 0.29) is 5.78 Å². The quantitative estimate of drug-likeness (QED) is 0.792. The van der Waals surface area contributed by atoms with Crippen molar-refractivity contribution in [1.82, 2.24) is 4.98 Å². The van der Waals surface area contributed by atoms with Crippen molar-refractivity contribution in [3.05, 3.63) is 17.8 Å². The van der Waals surface area contributed by atoms with Gasteiger partial charge >= 0.3 is 0 Å². The van der Waals surface area contributed by atoms with Crippen LogP contribution in [-0.2, 0) is 11.2 Å². The molecule has 1 fully saturated rings. The monoisotopic (exact) mass is 225 g/mol. The Bertz CT molecular complexity index is 342. The molecule has 0 aromatic carbocycles. The average Bonchev–Trinajstić information content (AvgIpc) is 2.67. The number of hydrogen-bond acceptors (Lipinski definition) is 4. The lowest BCUT2D eigenvalue weighted by Gasteiger charge is -2.17. The fourth-order valence-electron chi connectivity index (χ4n) is 1.77. The van der Waals surface area contributed by atoms with E-state index in [1.165, 1.54) is 12.2 Å². The summed E-state index contributed by atoms with van der Waals surface area (Å²) in [6, 6.07) is 0. The predicted molar refractivity (Wildman–Crippen MR) is 60.2 cm³/mol. The van der Waals surface area contributed by atoms with Crippen molar-refractivity contribution in [3.63, 3.8) is 0 Å². The maximum atomic E-state index is 10.9. The van der Waals surface area contributed by atoms with Gasteiger partial charge in [0.05, 0.1) is 12.6 Å². The first-order valence-corrected chi connectivity index (χ1v) is 6.43. The summed E-state index contributed by atoms with van der Waals surface area (Å²) >= 11 is 1.95. The number of ketones is 1. The molecule has 1 aliphatic rings. The van der Waals surface area contributed by atoms with Gasteiger partial charge in [-0.15, -0.1) is 0 Å². The largest absolute Gasteiger partial charge is 0.445 e. The number of rotatable bonds is 3. The van der Waals surface area contributed by atoms with Crippen LogP contribution in [0.5, 0.6) is 0 Å². The Morgan fingerprint density at radius 1 is 1.73 bits per heavy atom. The summed E-state index contributed by atoms with van der Waals surface area (Å²) < 4.78 is 5.59. The normalized spacial score (nSPS) is 21.5. The van der Waals surface area contributed by atoms with Crippen molar-refractivity contribution in [2.75, 3.05) is 11.5 Å². The van der Waals surface area contributed by atoms with Crippen LogP contribution in [0.3, 0.4) is 0 Å². The molecule has 0 amide bonds. The maximum absolute atomic E-state index is 10.9. The molecular weight excluding hydrogens is 210 g/mol. The number of thioether (sulfide) groups is 1. The van der Waals surface area contributed by atoms with Crippen LogP contribution in [0, 0.1) is 0 Å². The molecular formula is C11H15NO2S. The number of hydrogen-bond donors (Lipinski definition) is 0. The number of oxazole rings is 1. The van der Waals surface area contributed by atoms with Crippen LogP contribution >= 0.6 is 11.8 Å². The van der Waals surface area contributed by atoms with Crippen LogP contribution in [0.25, 0.3) is 0 Å². The molecule has 1 aliphatic heterocycles. The first kappa shape index (κ1) is 10.7. The Hall–Kier alpha value is -0.770. The molecule has 0 saturated carbocycles. The van der Waals surface area contributed by atoms with E-state index in [0.717, 1.165) is 18.1 Å². The highest BCUT2D eigenvalue weighted by Crippen LogP contribution is 2.30. The predicted octanol–water partition coefficient (Wildman–Crippen LogP) is 2.42. The highest BCUT2D eigenvalue weighted by Gasteiger charge is 2.20. The highest BCUT2D eigenvalue weighted by atomic mass is 32.2. The molecule has 1 aromatic rings. The number of aromatic nitrogens is 1. The Morgan fingerprint density at radius 2 is 2.60 bits per heavy atom. The van der Waals surface area contributed by atoms with Gasteiger partial charge in [0.25, 0.3) is 0 Å². The maximum Gasteiger partial charge on any atom is 0.198 e. The molecule has 1 saturated heterocycles. The van der Waals surface area contributed by atoms with Gasteiger partial charge in [-0.2, -0.15) is 11.8 Å². The van der Waals surface area contributed by atoms with E-state index in [0.29, 0.717) is 18.1 Å². The van der Waals surface area contributed by atoms with E-state index in [1.54, 1.807) is 13.1 Å². The molecule has 1 unspecified atom stereocenters. The fourth-order valence-corrected chi connectivity index (χ4v) is 2.91. The number of carbonyl (C=O) groups is 1. The van der Waals surface area contributed by atoms with Crippen LogP contribution in [0.15, 0.2) is 10.6 Å². The number of Topliss-reactive ketones (excluding diaryl/α,β-unsaturated/α-hetero) is 1. The minimum absolute atomic E-state index is 0.121. The van der Waals surface area contributed by atoms with E-state index < -0.39 is 0 Å². The lowest BCUT2D eigenvalue weighted by Crippen LogP contribution is -2.08. The third-order valence-corrected chi connectivity index (χ3v) is 3.72. The van der Waals surface area contributed by atoms with Gasteiger partial charge in [-0.25, -0.2) is 4.98 Å². The second-order valence-electron chi connectivity index (χ2n) is 3.96. The molecule has 2 heterocycles. The molecule has 4 heteroatoms. The van der Waals surface area contributed by atoms with Crippen LogP contribution in [0.4, 0.5) is 0 Å². The lowest BCUT2D eigenvalue weighted by molar-refractivity contribution is -0.116. The Balaban J connectivity index is 2.02. The van der Waals surface area contributed by atoms with E-state index in [2.05, 4.69) is 4.98 Å². The number of nitrogens with zero attached hydrogens (tertiary/aromatic N) is 1. The van der Waals surface area contributed by atoms with Crippen LogP contribution in [0.1, 0.15) is 37.3 Å². The van der Waals surface area contributed by atoms with Crippen LogP contribution in [-0.4, -0.2) is 22.3 Å². The smallest absolute Gasteiger partial charge is 0.198 e. The summed E-state index contributed by atoms with van der Waals surface area (Å²) in [5.74, 6) is 4.43. The Labute approximate surface area is 93.6 Å². The molecule has 82 valence electrons. The molecule has 3 nitrogen and oxygen atoms in total. The second kappa shape index (κ2) is 4.84. The fraction of sp³-hybridized carbons (Fsp3) is 0.636. The summed E-state index contributed by atoms with van der Waals surface area (Å²) in [6.07, 6.45) is 4.45. The summed E-state index contributed by atoms with van der Waals surface area (Å²) in [6.45, 7) is 1.57. The van der Waals surface area contributed by atoms with Crippen molar-refractivity contribution in [2.45, 2.75) is 32.1 Å². The summed E-state index contributed by atoms with van der Waals surface area (Å²) in [7, 11) is 0. The van der Waals surface area contributed by atoms with Gasteiger partial charge in [0.15, 0.2) is 5.89 Å². The topological polar surface area (TPSA) is 43.1 Å². The minimum atomic E-state index is 0.121. The van der Waals surface area contributed by atoms with Crippen LogP contribution in [0.2, 0.25) is 0 Å². The molecule has 1 aromatic heterocycles. The first-order valence-electron chi connectivity index (χ1n) is 5.27. The molecule has 0 spiro atoms. The molecule has 2 rings (SSSR count). The molecule has 1 atom stereocenters. The molecule has 0 bridgehead atoms. The second-order valence-corrected chi connectivity index (χ2v) is 5.11.